The first-order valence-electron chi connectivity index (χ1n) is 8.77. The second kappa shape index (κ2) is 11.3. The van der Waals surface area contributed by atoms with Crippen LogP contribution in [0.4, 0.5) is 0 Å². The van der Waals surface area contributed by atoms with Crippen molar-refractivity contribution < 1.29 is 19.1 Å². The molecule has 6 heteroatoms. The molecule has 6 nitrogen and oxygen atoms in total. The Labute approximate surface area is 156 Å². The zero-order valence-electron chi connectivity index (χ0n) is 16.4. The average Bonchev–Trinajstić information content (AvgIpc) is 2.59. The first-order valence-corrected chi connectivity index (χ1v) is 8.77. The van der Waals surface area contributed by atoms with Crippen molar-refractivity contribution in [3.8, 4) is 5.75 Å². The van der Waals surface area contributed by atoms with Gasteiger partial charge in [0, 0.05) is 25.7 Å². The predicted octanol–water partition coefficient (Wildman–Crippen LogP) is 2.44. The second-order valence-electron chi connectivity index (χ2n) is 6.53. The number of likely N-dealkylation sites (N-methyl/N-ethyl adjacent to an activating group) is 1. The quantitative estimate of drug-likeness (QED) is 0.473. The Morgan fingerprint density at radius 2 is 1.88 bits per heavy atom. The number of amides is 1. The second-order valence-corrected chi connectivity index (χ2v) is 6.53. The molecule has 0 spiro atoms. The van der Waals surface area contributed by atoms with Gasteiger partial charge in [0.25, 0.3) is 0 Å². The number of methoxy groups -OCH3 is 1. The number of nitrogens with zero attached hydrogens (tertiary/aromatic N) is 2. The molecule has 1 amide bonds. The first-order chi connectivity index (χ1) is 12.3. The number of carbonyl (C=O) groups is 2. The molecule has 0 N–H and O–H groups in total. The van der Waals surface area contributed by atoms with Gasteiger partial charge in [-0.25, -0.2) is 0 Å². The molecule has 1 aromatic rings. The summed E-state index contributed by atoms with van der Waals surface area (Å²) in [6, 6.07) is 7.58. The molecule has 0 aliphatic rings. The third-order valence-corrected chi connectivity index (χ3v) is 3.59. The maximum absolute atomic E-state index is 12.5. The lowest BCUT2D eigenvalue weighted by molar-refractivity contribution is -0.141. The summed E-state index contributed by atoms with van der Waals surface area (Å²) in [5.41, 5.74) is 0.886. The predicted molar refractivity (Wildman–Crippen MR) is 103 cm³/mol. The van der Waals surface area contributed by atoms with Gasteiger partial charge in [-0.3, -0.25) is 9.59 Å². The van der Waals surface area contributed by atoms with Crippen LogP contribution in [-0.2, 0) is 14.3 Å². The lowest BCUT2D eigenvalue weighted by Crippen LogP contribution is -2.37. The van der Waals surface area contributed by atoms with Gasteiger partial charge < -0.3 is 19.3 Å². The van der Waals surface area contributed by atoms with E-state index in [1.54, 1.807) is 11.0 Å². The van der Waals surface area contributed by atoms with Crippen molar-refractivity contribution in [1.29, 1.82) is 0 Å². The van der Waals surface area contributed by atoms with Crippen molar-refractivity contribution in [3.05, 3.63) is 35.9 Å². The summed E-state index contributed by atoms with van der Waals surface area (Å²) in [7, 11) is 5.23. The third-order valence-electron chi connectivity index (χ3n) is 3.59. The van der Waals surface area contributed by atoms with E-state index < -0.39 is 0 Å². The van der Waals surface area contributed by atoms with Gasteiger partial charge in [0.15, 0.2) is 0 Å². The van der Waals surface area contributed by atoms with Crippen molar-refractivity contribution in [1.82, 2.24) is 9.80 Å². The van der Waals surface area contributed by atoms with Crippen LogP contribution in [0.25, 0.3) is 6.08 Å². The molecular formula is C20H30N2O4. The van der Waals surface area contributed by atoms with Crippen LogP contribution in [0.2, 0.25) is 0 Å². The number of benzene rings is 1. The van der Waals surface area contributed by atoms with E-state index in [9.17, 15) is 9.59 Å². The molecular weight excluding hydrogens is 332 g/mol. The normalized spacial score (nSPS) is 11.2. The summed E-state index contributed by atoms with van der Waals surface area (Å²) >= 11 is 0. The van der Waals surface area contributed by atoms with Crippen LogP contribution in [0.5, 0.6) is 5.75 Å². The van der Waals surface area contributed by atoms with E-state index in [4.69, 9.17) is 4.74 Å². The van der Waals surface area contributed by atoms with Gasteiger partial charge in [-0.05, 0) is 51.7 Å². The minimum Gasteiger partial charge on any atom is -0.491 e. The van der Waals surface area contributed by atoms with Gasteiger partial charge in [0.2, 0.25) is 5.91 Å². The van der Waals surface area contributed by atoms with Gasteiger partial charge in [-0.15, -0.1) is 0 Å². The van der Waals surface area contributed by atoms with E-state index in [2.05, 4.69) is 4.74 Å². The lowest BCUT2D eigenvalue weighted by Gasteiger charge is -2.22. The Bertz CT molecular complexity index is 612. The molecule has 0 aliphatic carbocycles. The molecule has 0 saturated carbocycles. The van der Waals surface area contributed by atoms with E-state index >= 15 is 0 Å². The largest absolute Gasteiger partial charge is 0.491 e. The molecule has 0 unspecified atom stereocenters. The van der Waals surface area contributed by atoms with Crippen molar-refractivity contribution in [3.63, 3.8) is 0 Å². The smallest absolute Gasteiger partial charge is 0.307 e. The summed E-state index contributed by atoms with van der Waals surface area (Å²) in [4.78, 5) is 27.6. The van der Waals surface area contributed by atoms with E-state index in [0.717, 1.165) is 17.9 Å². The van der Waals surface area contributed by atoms with Crippen LogP contribution in [0, 0.1) is 0 Å². The number of rotatable bonds is 10. The highest BCUT2D eigenvalue weighted by Crippen LogP contribution is 2.16. The zero-order chi connectivity index (χ0) is 19.5. The average molecular weight is 362 g/mol. The summed E-state index contributed by atoms with van der Waals surface area (Å²) in [6.07, 6.45) is 3.56. The summed E-state index contributed by atoms with van der Waals surface area (Å²) < 4.78 is 10.3. The van der Waals surface area contributed by atoms with Gasteiger partial charge in [0.05, 0.1) is 19.6 Å². The van der Waals surface area contributed by atoms with E-state index in [-0.39, 0.29) is 24.4 Å². The Hall–Kier alpha value is -2.34. The Morgan fingerprint density at radius 3 is 2.50 bits per heavy atom. The molecule has 26 heavy (non-hydrogen) atoms. The monoisotopic (exact) mass is 362 g/mol. The fourth-order valence-electron chi connectivity index (χ4n) is 2.22. The number of carbonyl (C=O) groups excluding carboxylic acids is 2. The van der Waals surface area contributed by atoms with Crippen LogP contribution in [0.3, 0.4) is 0 Å². The molecule has 0 radical (unpaired) electrons. The molecule has 0 bridgehead atoms. The standard InChI is InChI=1S/C20H30N2O4/c1-16(2)26-18-8-6-7-17(15-18)9-10-19(23)22(14-13-21(3)4)12-11-20(24)25-5/h6-10,15-16H,11-14H2,1-5H3/b10-9+. The number of esters is 1. The molecule has 1 rings (SSSR count). The minimum atomic E-state index is -0.324. The summed E-state index contributed by atoms with van der Waals surface area (Å²) in [6.45, 7) is 5.54. The molecule has 0 atom stereocenters. The Kier molecular flexibility index (Phi) is 9.44. The summed E-state index contributed by atoms with van der Waals surface area (Å²) in [5.74, 6) is 0.311. The minimum absolute atomic E-state index is 0.0932. The fraction of sp³-hybridized carbons (Fsp3) is 0.500. The summed E-state index contributed by atoms with van der Waals surface area (Å²) in [5, 5.41) is 0. The molecule has 0 aromatic heterocycles. The van der Waals surface area contributed by atoms with E-state index in [1.165, 1.54) is 13.2 Å². The highest BCUT2D eigenvalue weighted by molar-refractivity contribution is 5.92. The van der Waals surface area contributed by atoms with Crippen molar-refractivity contribution in [2.75, 3.05) is 40.8 Å². The van der Waals surface area contributed by atoms with Gasteiger partial charge in [0.1, 0.15) is 5.75 Å². The third kappa shape index (κ3) is 8.67. The van der Waals surface area contributed by atoms with Gasteiger partial charge >= 0.3 is 5.97 Å². The van der Waals surface area contributed by atoms with Crippen LogP contribution >= 0.6 is 0 Å². The van der Waals surface area contributed by atoms with Gasteiger partial charge in [-0.1, -0.05) is 12.1 Å². The number of hydrogen-bond acceptors (Lipinski definition) is 5. The topological polar surface area (TPSA) is 59.1 Å². The van der Waals surface area contributed by atoms with Crippen LogP contribution < -0.4 is 4.74 Å². The lowest BCUT2D eigenvalue weighted by atomic mass is 10.2. The maximum atomic E-state index is 12.5. The fourth-order valence-corrected chi connectivity index (χ4v) is 2.22. The number of ether oxygens (including phenoxy) is 2. The molecule has 144 valence electrons. The molecule has 0 aliphatic heterocycles. The van der Waals surface area contributed by atoms with Crippen molar-refractivity contribution in [2.45, 2.75) is 26.4 Å². The highest BCUT2D eigenvalue weighted by Gasteiger charge is 2.13. The first kappa shape index (κ1) is 21.7. The van der Waals surface area contributed by atoms with Crippen molar-refractivity contribution >= 4 is 18.0 Å². The SMILES string of the molecule is COC(=O)CCN(CCN(C)C)C(=O)/C=C/c1cccc(OC(C)C)c1. The van der Waals surface area contributed by atoms with Gasteiger partial charge in [-0.2, -0.15) is 0 Å². The molecule has 0 heterocycles. The highest BCUT2D eigenvalue weighted by atomic mass is 16.5. The van der Waals surface area contributed by atoms with Crippen molar-refractivity contribution in [2.24, 2.45) is 0 Å². The molecule has 0 saturated heterocycles. The van der Waals surface area contributed by atoms with Crippen LogP contribution in [0.15, 0.2) is 30.3 Å². The zero-order valence-corrected chi connectivity index (χ0v) is 16.4. The van der Waals surface area contributed by atoms with E-state index in [1.807, 2.05) is 57.1 Å². The molecule has 1 aromatic carbocycles. The Balaban J connectivity index is 2.76. The number of hydrogen-bond donors (Lipinski definition) is 0. The maximum Gasteiger partial charge on any atom is 0.307 e. The van der Waals surface area contributed by atoms with Crippen LogP contribution in [0.1, 0.15) is 25.8 Å². The van der Waals surface area contributed by atoms with E-state index in [0.29, 0.717) is 13.1 Å². The Morgan fingerprint density at radius 1 is 1.15 bits per heavy atom. The van der Waals surface area contributed by atoms with Crippen LogP contribution in [-0.4, -0.2) is 68.6 Å². The molecule has 0 fully saturated rings.